The summed E-state index contributed by atoms with van der Waals surface area (Å²) in [6.45, 7) is 3.59. The molecule has 0 aromatic carbocycles. The molecule has 3 N–H and O–H groups in total. The summed E-state index contributed by atoms with van der Waals surface area (Å²) in [6.07, 6.45) is 3.71. The number of hydrogen-bond acceptors (Lipinski definition) is 4. The highest BCUT2D eigenvalue weighted by Crippen LogP contribution is 2.16. The number of rotatable bonds is 2. The van der Waals surface area contributed by atoms with Crippen LogP contribution in [0.2, 0.25) is 0 Å². The predicted octanol–water partition coefficient (Wildman–Crippen LogP) is -0.129. The quantitative estimate of drug-likeness (QED) is 0.652. The molecule has 14 heavy (non-hydrogen) atoms. The average Bonchev–Trinajstić information content (AvgIpc) is 2.23. The van der Waals surface area contributed by atoms with Crippen LogP contribution in [0.1, 0.15) is 19.3 Å². The van der Waals surface area contributed by atoms with E-state index < -0.39 is 0 Å². The smallest absolute Gasteiger partial charge is 0.0754 e. The van der Waals surface area contributed by atoms with Crippen molar-refractivity contribution in [2.45, 2.75) is 37.5 Å². The summed E-state index contributed by atoms with van der Waals surface area (Å²) in [4.78, 5) is 0. The fourth-order valence-corrected chi connectivity index (χ4v) is 2.09. The zero-order chi connectivity index (χ0) is 9.80. The highest BCUT2D eigenvalue weighted by atomic mass is 16.5. The van der Waals surface area contributed by atoms with Crippen molar-refractivity contribution in [2.24, 2.45) is 5.73 Å². The van der Waals surface area contributed by atoms with Crippen molar-refractivity contribution in [2.75, 3.05) is 26.3 Å². The molecule has 0 spiro atoms. The van der Waals surface area contributed by atoms with E-state index in [2.05, 4.69) is 5.32 Å². The SMILES string of the molecule is NC1CNCCC1OC1CCOCC1. The molecule has 2 saturated heterocycles. The summed E-state index contributed by atoms with van der Waals surface area (Å²) in [5.74, 6) is 0. The molecule has 4 nitrogen and oxygen atoms in total. The Morgan fingerprint density at radius 2 is 2.00 bits per heavy atom. The van der Waals surface area contributed by atoms with Gasteiger partial charge in [0.05, 0.1) is 12.2 Å². The van der Waals surface area contributed by atoms with Gasteiger partial charge >= 0.3 is 0 Å². The van der Waals surface area contributed by atoms with Gasteiger partial charge in [0.2, 0.25) is 0 Å². The minimum Gasteiger partial charge on any atom is -0.381 e. The lowest BCUT2D eigenvalue weighted by Gasteiger charge is -2.34. The van der Waals surface area contributed by atoms with Gasteiger partial charge in [-0.1, -0.05) is 0 Å². The highest BCUT2D eigenvalue weighted by Gasteiger charge is 2.26. The summed E-state index contributed by atoms with van der Waals surface area (Å²) >= 11 is 0. The van der Waals surface area contributed by atoms with Crippen LogP contribution in [0, 0.1) is 0 Å². The van der Waals surface area contributed by atoms with Gasteiger partial charge in [-0.3, -0.25) is 0 Å². The van der Waals surface area contributed by atoms with Gasteiger partial charge in [-0.05, 0) is 25.8 Å². The van der Waals surface area contributed by atoms with E-state index in [1.807, 2.05) is 0 Å². The summed E-state index contributed by atoms with van der Waals surface area (Å²) in [5, 5.41) is 3.27. The van der Waals surface area contributed by atoms with Crippen LogP contribution in [-0.2, 0) is 9.47 Å². The van der Waals surface area contributed by atoms with Gasteiger partial charge in [-0.15, -0.1) is 0 Å². The number of nitrogens with two attached hydrogens (primary N) is 1. The molecular weight excluding hydrogens is 180 g/mol. The van der Waals surface area contributed by atoms with Crippen molar-refractivity contribution in [3.05, 3.63) is 0 Å². The first-order valence-electron chi connectivity index (χ1n) is 5.56. The first-order valence-corrected chi connectivity index (χ1v) is 5.56. The van der Waals surface area contributed by atoms with E-state index in [9.17, 15) is 0 Å². The molecule has 0 amide bonds. The topological polar surface area (TPSA) is 56.5 Å². The summed E-state index contributed by atoms with van der Waals surface area (Å²) in [5.41, 5.74) is 5.98. The molecule has 2 unspecified atom stereocenters. The van der Waals surface area contributed by atoms with Crippen molar-refractivity contribution < 1.29 is 9.47 Å². The second kappa shape index (κ2) is 5.07. The van der Waals surface area contributed by atoms with Gasteiger partial charge in [0.1, 0.15) is 0 Å². The molecule has 2 aliphatic heterocycles. The Labute approximate surface area is 85.1 Å². The Morgan fingerprint density at radius 3 is 2.71 bits per heavy atom. The molecule has 0 radical (unpaired) electrons. The van der Waals surface area contributed by atoms with Crippen LogP contribution in [0.5, 0.6) is 0 Å². The van der Waals surface area contributed by atoms with E-state index >= 15 is 0 Å². The lowest BCUT2D eigenvalue weighted by molar-refractivity contribution is -0.0817. The lowest BCUT2D eigenvalue weighted by atomic mass is 10.0. The third-order valence-corrected chi connectivity index (χ3v) is 3.00. The van der Waals surface area contributed by atoms with E-state index in [1.54, 1.807) is 0 Å². The van der Waals surface area contributed by atoms with E-state index in [4.69, 9.17) is 15.2 Å². The third kappa shape index (κ3) is 2.67. The van der Waals surface area contributed by atoms with Gasteiger partial charge in [0, 0.05) is 25.8 Å². The number of piperidine rings is 1. The van der Waals surface area contributed by atoms with E-state index in [-0.39, 0.29) is 12.1 Å². The minimum absolute atomic E-state index is 0.159. The van der Waals surface area contributed by atoms with Crippen LogP contribution >= 0.6 is 0 Å². The first-order chi connectivity index (χ1) is 6.86. The van der Waals surface area contributed by atoms with Gasteiger partial charge in [0.15, 0.2) is 0 Å². The molecule has 0 saturated carbocycles. The standard InChI is InChI=1S/C10H20N2O2/c11-9-7-12-4-1-10(9)14-8-2-5-13-6-3-8/h8-10,12H,1-7,11H2. The predicted molar refractivity (Wildman–Crippen MR) is 54.2 cm³/mol. The minimum atomic E-state index is 0.159. The van der Waals surface area contributed by atoms with Gasteiger partial charge in [0.25, 0.3) is 0 Å². The van der Waals surface area contributed by atoms with E-state index in [0.717, 1.165) is 45.6 Å². The van der Waals surface area contributed by atoms with Crippen molar-refractivity contribution in [3.63, 3.8) is 0 Å². The fraction of sp³-hybridized carbons (Fsp3) is 1.00. The Morgan fingerprint density at radius 1 is 1.21 bits per heavy atom. The van der Waals surface area contributed by atoms with Crippen molar-refractivity contribution in [3.8, 4) is 0 Å². The van der Waals surface area contributed by atoms with E-state index in [0.29, 0.717) is 6.10 Å². The summed E-state index contributed by atoms with van der Waals surface area (Å²) in [6, 6.07) is 0.159. The molecule has 2 atom stereocenters. The van der Waals surface area contributed by atoms with Crippen molar-refractivity contribution >= 4 is 0 Å². The van der Waals surface area contributed by atoms with E-state index in [1.165, 1.54) is 0 Å². The summed E-state index contributed by atoms with van der Waals surface area (Å²) in [7, 11) is 0. The van der Waals surface area contributed by atoms with Crippen molar-refractivity contribution in [1.29, 1.82) is 0 Å². The lowest BCUT2D eigenvalue weighted by Crippen LogP contribution is -2.51. The Bertz CT molecular complexity index is 172. The molecule has 4 heteroatoms. The van der Waals surface area contributed by atoms with Crippen LogP contribution in [-0.4, -0.2) is 44.6 Å². The zero-order valence-electron chi connectivity index (χ0n) is 8.58. The van der Waals surface area contributed by atoms with Gasteiger partial charge in [-0.25, -0.2) is 0 Å². The molecule has 0 aromatic heterocycles. The molecule has 0 bridgehead atoms. The molecule has 2 aliphatic rings. The molecule has 2 heterocycles. The largest absolute Gasteiger partial charge is 0.381 e. The third-order valence-electron chi connectivity index (χ3n) is 3.00. The molecule has 0 aliphatic carbocycles. The van der Waals surface area contributed by atoms with Crippen LogP contribution in [0.4, 0.5) is 0 Å². The zero-order valence-corrected chi connectivity index (χ0v) is 8.58. The fourth-order valence-electron chi connectivity index (χ4n) is 2.09. The normalized spacial score (nSPS) is 35.8. The molecule has 82 valence electrons. The Hall–Kier alpha value is -0.160. The van der Waals surface area contributed by atoms with Crippen molar-refractivity contribution in [1.82, 2.24) is 5.32 Å². The second-order valence-electron chi connectivity index (χ2n) is 4.14. The Balaban J connectivity index is 1.76. The number of ether oxygens (including phenoxy) is 2. The number of nitrogens with one attached hydrogen (secondary N) is 1. The molecule has 0 aromatic rings. The number of hydrogen-bond donors (Lipinski definition) is 2. The second-order valence-corrected chi connectivity index (χ2v) is 4.14. The molecule has 2 fully saturated rings. The van der Waals surface area contributed by atoms with Crippen LogP contribution in [0.3, 0.4) is 0 Å². The maximum Gasteiger partial charge on any atom is 0.0754 e. The van der Waals surface area contributed by atoms with Gasteiger partial charge < -0.3 is 20.5 Å². The maximum atomic E-state index is 6.00. The first kappa shape index (κ1) is 10.4. The molecule has 2 rings (SSSR count). The maximum absolute atomic E-state index is 6.00. The van der Waals surface area contributed by atoms with Crippen LogP contribution in [0.15, 0.2) is 0 Å². The molecular formula is C10H20N2O2. The van der Waals surface area contributed by atoms with Crippen LogP contribution in [0.25, 0.3) is 0 Å². The monoisotopic (exact) mass is 200 g/mol. The van der Waals surface area contributed by atoms with Crippen LogP contribution < -0.4 is 11.1 Å². The Kier molecular flexibility index (Phi) is 3.75. The summed E-state index contributed by atoms with van der Waals surface area (Å²) < 4.78 is 11.3. The average molecular weight is 200 g/mol. The van der Waals surface area contributed by atoms with Gasteiger partial charge in [-0.2, -0.15) is 0 Å². The highest BCUT2D eigenvalue weighted by molar-refractivity contribution is 4.82.